The SMILES string of the molecule is Cc1ncccc1C=CCCl. The Bertz CT molecular complexity index is 255. The van der Waals surface area contributed by atoms with Crippen molar-refractivity contribution in [3.05, 3.63) is 35.7 Å². The van der Waals surface area contributed by atoms with Crippen molar-refractivity contribution in [3.8, 4) is 0 Å². The highest BCUT2D eigenvalue weighted by molar-refractivity contribution is 6.19. The third kappa shape index (κ3) is 2.35. The number of nitrogens with zero attached hydrogens (tertiary/aromatic N) is 1. The van der Waals surface area contributed by atoms with Gasteiger partial charge in [0.05, 0.1) is 0 Å². The smallest absolute Gasteiger partial charge is 0.0444 e. The molecule has 0 aliphatic heterocycles. The average molecular weight is 168 g/mol. The van der Waals surface area contributed by atoms with Crippen LogP contribution in [0, 0.1) is 6.92 Å². The first-order valence-corrected chi connectivity index (χ1v) is 4.02. The zero-order valence-electron chi connectivity index (χ0n) is 6.42. The minimum absolute atomic E-state index is 0.550. The summed E-state index contributed by atoms with van der Waals surface area (Å²) in [7, 11) is 0. The normalized spacial score (nSPS) is 10.7. The van der Waals surface area contributed by atoms with Crippen molar-refractivity contribution in [3.63, 3.8) is 0 Å². The maximum absolute atomic E-state index is 5.50. The van der Waals surface area contributed by atoms with Crippen molar-refractivity contribution >= 4 is 17.7 Å². The Balaban J connectivity index is 2.86. The lowest BCUT2D eigenvalue weighted by molar-refractivity contribution is 1.19. The van der Waals surface area contributed by atoms with Crippen LogP contribution in [0.1, 0.15) is 11.3 Å². The lowest BCUT2D eigenvalue weighted by Gasteiger charge is -1.95. The van der Waals surface area contributed by atoms with Crippen molar-refractivity contribution in [1.82, 2.24) is 4.98 Å². The molecule has 1 rings (SSSR count). The fourth-order valence-electron chi connectivity index (χ4n) is 0.844. The Morgan fingerprint density at radius 1 is 1.64 bits per heavy atom. The van der Waals surface area contributed by atoms with Crippen molar-refractivity contribution in [2.75, 3.05) is 5.88 Å². The first-order chi connectivity index (χ1) is 5.34. The maximum atomic E-state index is 5.50. The van der Waals surface area contributed by atoms with Gasteiger partial charge in [-0.1, -0.05) is 18.2 Å². The Morgan fingerprint density at radius 3 is 3.09 bits per heavy atom. The Hall–Kier alpha value is -0.820. The second-order valence-corrected chi connectivity index (χ2v) is 2.54. The number of allylic oxidation sites excluding steroid dienone is 1. The van der Waals surface area contributed by atoms with E-state index in [1.807, 2.05) is 31.2 Å². The van der Waals surface area contributed by atoms with E-state index in [2.05, 4.69) is 4.98 Å². The highest BCUT2D eigenvalue weighted by atomic mass is 35.5. The summed E-state index contributed by atoms with van der Waals surface area (Å²) in [4.78, 5) is 4.14. The van der Waals surface area contributed by atoms with Crippen molar-refractivity contribution in [1.29, 1.82) is 0 Å². The van der Waals surface area contributed by atoms with Gasteiger partial charge in [-0.05, 0) is 18.6 Å². The molecule has 0 spiro atoms. The van der Waals surface area contributed by atoms with Gasteiger partial charge in [-0.25, -0.2) is 0 Å². The molecule has 0 amide bonds. The lowest BCUT2D eigenvalue weighted by atomic mass is 10.2. The molecule has 0 aromatic carbocycles. The van der Waals surface area contributed by atoms with Crippen LogP contribution in [-0.4, -0.2) is 10.9 Å². The van der Waals surface area contributed by atoms with Gasteiger partial charge in [0.1, 0.15) is 0 Å². The second kappa shape index (κ2) is 4.14. The van der Waals surface area contributed by atoms with E-state index in [4.69, 9.17) is 11.6 Å². The molecule has 1 aromatic rings. The molecule has 1 nitrogen and oxygen atoms in total. The molecule has 0 fully saturated rings. The third-order valence-corrected chi connectivity index (χ3v) is 1.61. The Labute approximate surface area is 71.7 Å². The van der Waals surface area contributed by atoms with Gasteiger partial charge in [0.15, 0.2) is 0 Å². The van der Waals surface area contributed by atoms with Gasteiger partial charge in [0.2, 0.25) is 0 Å². The highest BCUT2D eigenvalue weighted by Crippen LogP contribution is 2.05. The molecule has 0 unspecified atom stereocenters. The average Bonchev–Trinajstić information content (AvgIpc) is 2.03. The number of aryl methyl sites for hydroxylation is 1. The molecular formula is C9H10ClN. The summed E-state index contributed by atoms with van der Waals surface area (Å²) in [6, 6.07) is 3.94. The number of hydrogen-bond acceptors (Lipinski definition) is 1. The molecule has 0 atom stereocenters. The zero-order chi connectivity index (χ0) is 8.10. The van der Waals surface area contributed by atoms with Crippen LogP contribution < -0.4 is 0 Å². The van der Waals surface area contributed by atoms with Crippen LogP contribution in [0.4, 0.5) is 0 Å². The Morgan fingerprint density at radius 2 is 2.45 bits per heavy atom. The van der Waals surface area contributed by atoms with E-state index < -0.39 is 0 Å². The number of halogens is 1. The summed E-state index contributed by atoms with van der Waals surface area (Å²) in [5.41, 5.74) is 2.17. The molecule has 0 saturated carbocycles. The van der Waals surface area contributed by atoms with E-state index in [1.54, 1.807) is 6.20 Å². The summed E-state index contributed by atoms with van der Waals surface area (Å²) >= 11 is 5.50. The predicted octanol–water partition coefficient (Wildman–Crippen LogP) is 2.64. The molecule has 58 valence electrons. The number of alkyl halides is 1. The van der Waals surface area contributed by atoms with E-state index in [0.29, 0.717) is 5.88 Å². The molecule has 1 heterocycles. The minimum Gasteiger partial charge on any atom is -0.261 e. The molecule has 0 aliphatic carbocycles. The fourth-order valence-corrected chi connectivity index (χ4v) is 0.933. The highest BCUT2D eigenvalue weighted by Gasteiger charge is 1.90. The topological polar surface area (TPSA) is 12.9 Å². The molecule has 0 N–H and O–H groups in total. The van der Waals surface area contributed by atoms with Crippen molar-refractivity contribution < 1.29 is 0 Å². The first kappa shape index (κ1) is 8.28. The van der Waals surface area contributed by atoms with Gasteiger partial charge in [-0.15, -0.1) is 11.6 Å². The van der Waals surface area contributed by atoms with Gasteiger partial charge >= 0.3 is 0 Å². The number of rotatable bonds is 2. The largest absolute Gasteiger partial charge is 0.261 e. The van der Waals surface area contributed by atoms with Crippen LogP contribution >= 0.6 is 11.6 Å². The quantitative estimate of drug-likeness (QED) is 0.618. The minimum atomic E-state index is 0.550. The number of aromatic nitrogens is 1. The number of pyridine rings is 1. The maximum Gasteiger partial charge on any atom is 0.0444 e. The first-order valence-electron chi connectivity index (χ1n) is 3.48. The van der Waals surface area contributed by atoms with Gasteiger partial charge in [0, 0.05) is 17.8 Å². The number of hydrogen-bond donors (Lipinski definition) is 0. The van der Waals surface area contributed by atoms with Crippen LogP contribution in [-0.2, 0) is 0 Å². The van der Waals surface area contributed by atoms with Gasteiger partial charge in [0.25, 0.3) is 0 Å². The molecule has 1 aromatic heterocycles. The fraction of sp³-hybridized carbons (Fsp3) is 0.222. The lowest BCUT2D eigenvalue weighted by Crippen LogP contribution is -1.83. The monoisotopic (exact) mass is 167 g/mol. The predicted molar refractivity (Wildman–Crippen MR) is 48.7 cm³/mol. The summed E-state index contributed by atoms with van der Waals surface area (Å²) in [5, 5.41) is 0. The molecule has 2 heteroatoms. The Kier molecular flexibility index (Phi) is 3.12. The summed E-state index contributed by atoms with van der Waals surface area (Å²) in [5.74, 6) is 0.550. The standard InChI is InChI=1S/C9H10ClN/c1-8-9(4-2-6-10)5-3-7-11-8/h2-5,7H,6H2,1H3. The molecule has 0 aliphatic rings. The van der Waals surface area contributed by atoms with Gasteiger partial charge in [-0.3, -0.25) is 4.98 Å². The van der Waals surface area contributed by atoms with Crippen LogP contribution in [0.15, 0.2) is 24.4 Å². The summed E-state index contributed by atoms with van der Waals surface area (Å²) < 4.78 is 0. The van der Waals surface area contributed by atoms with Crippen LogP contribution in [0.5, 0.6) is 0 Å². The summed E-state index contributed by atoms with van der Waals surface area (Å²) in [6.07, 6.45) is 5.67. The molecule has 0 radical (unpaired) electrons. The second-order valence-electron chi connectivity index (χ2n) is 2.23. The molecular weight excluding hydrogens is 158 g/mol. The van der Waals surface area contributed by atoms with E-state index >= 15 is 0 Å². The van der Waals surface area contributed by atoms with Crippen molar-refractivity contribution in [2.24, 2.45) is 0 Å². The zero-order valence-corrected chi connectivity index (χ0v) is 7.17. The molecule has 0 bridgehead atoms. The van der Waals surface area contributed by atoms with Gasteiger partial charge in [-0.2, -0.15) is 0 Å². The summed E-state index contributed by atoms with van der Waals surface area (Å²) in [6.45, 7) is 1.98. The van der Waals surface area contributed by atoms with E-state index in [1.165, 1.54) is 0 Å². The van der Waals surface area contributed by atoms with E-state index in [-0.39, 0.29) is 0 Å². The van der Waals surface area contributed by atoms with Gasteiger partial charge < -0.3 is 0 Å². The third-order valence-electron chi connectivity index (χ3n) is 1.43. The van der Waals surface area contributed by atoms with Crippen LogP contribution in [0.2, 0.25) is 0 Å². The molecule has 11 heavy (non-hydrogen) atoms. The van der Waals surface area contributed by atoms with Crippen LogP contribution in [0.3, 0.4) is 0 Å². The van der Waals surface area contributed by atoms with Crippen molar-refractivity contribution in [2.45, 2.75) is 6.92 Å². The van der Waals surface area contributed by atoms with E-state index in [9.17, 15) is 0 Å². The molecule has 0 saturated heterocycles. The van der Waals surface area contributed by atoms with E-state index in [0.717, 1.165) is 11.3 Å². The van der Waals surface area contributed by atoms with Crippen LogP contribution in [0.25, 0.3) is 6.08 Å².